The van der Waals surface area contributed by atoms with E-state index in [2.05, 4.69) is 5.10 Å². The Hall–Kier alpha value is -1.88. The van der Waals surface area contributed by atoms with Crippen molar-refractivity contribution in [3.8, 4) is 0 Å². The van der Waals surface area contributed by atoms with E-state index in [1.807, 2.05) is 0 Å². The molecule has 1 heterocycles. The van der Waals surface area contributed by atoms with Crippen molar-refractivity contribution in [3.05, 3.63) is 24.3 Å². The smallest absolute Gasteiger partial charge is 0.270 e. The second kappa shape index (κ2) is 3.36. The Kier molecular flexibility index (Phi) is 2.17. The van der Waals surface area contributed by atoms with Gasteiger partial charge in [-0.1, -0.05) is 0 Å². The van der Waals surface area contributed by atoms with Crippen LogP contribution in [0.1, 0.15) is 6.92 Å². The van der Waals surface area contributed by atoms with Crippen LogP contribution in [-0.2, 0) is 4.79 Å². The maximum Gasteiger partial charge on any atom is 0.270 e. The SMILES string of the molecule is CC1=NN(c2ccc(N)cc2)C(=O)[C@@H]1N. The number of hydrazone groups is 1. The zero-order valence-corrected chi connectivity index (χ0v) is 8.34. The number of nitrogens with zero attached hydrogens (tertiary/aromatic N) is 2. The first kappa shape index (κ1) is 9.67. The molecule has 1 aromatic rings. The molecule has 0 saturated heterocycles. The third-order valence-corrected chi connectivity index (χ3v) is 2.32. The van der Waals surface area contributed by atoms with Gasteiger partial charge in [-0.2, -0.15) is 10.1 Å². The Morgan fingerprint density at radius 1 is 1.33 bits per heavy atom. The van der Waals surface area contributed by atoms with E-state index in [1.165, 1.54) is 5.01 Å². The fourth-order valence-corrected chi connectivity index (χ4v) is 1.38. The van der Waals surface area contributed by atoms with Crippen LogP contribution in [0.2, 0.25) is 0 Å². The summed E-state index contributed by atoms with van der Waals surface area (Å²) in [5.74, 6) is -0.211. The predicted octanol–water partition coefficient (Wildman–Crippen LogP) is 0.319. The monoisotopic (exact) mass is 204 g/mol. The summed E-state index contributed by atoms with van der Waals surface area (Å²) < 4.78 is 0. The molecule has 1 aromatic carbocycles. The quantitative estimate of drug-likeness (QED) is 0.646. The fourth-order valence-electron chi connectivity index (χ4n) is 1.38. The van der Waals surface area contributed by atoms with Crippen molar-refractivity contribution in [1.82, 2.24) is 0 Å². The molecule has 0 aliphatic carbocycles. The van der Waals surface area contributed by atoms with E-state index in [9.17, 15) is 4.79 Å². The van der Waals surface area contributed by atoms with Crippen molar-refractivity contribution >= 4 is 23.0 Å². The molecular formula is C10H12N4O. The molecule has 1 amide bonds. The molecule has 0 unspecified atom stereocenters. The molecule has 1 aliphatic rings. The van der Waals surface area contributed by atoms with Gasteiger partial charge in [0, 0.05) is 5.69 Å². The average Bonchev–Trinajstić information content (AvgIpc) is 2.47. The first-order valence-electron chi connectivity index (χ1n) is 4.60. The number of rotatable bonds is 1. The highest BCUT2D eigenvalue weighted by molar-refractivity contribution is 6.17. The van der Waals surface area contributed by atoms with Crippen LogP contribution in [0.25, 0.3) is 0 Å². The first-order valence-corrected chi connectivity index (χ1v) is 4.60. The Morgan fingerprint density at radius 3 is 2.40 bits per heavy atom. The second-order valence-corrected chi connectivity index (χ2v) is 3.46. The highest BCUT2D eigenvalue weighted by Gasteiger charge is 2.30. The second-order valence-electron chi connectivity index (χ2n) is 3.46. The van der Waals surface area contributed by atoms with Gasteiger partial charge < -0.3 is 11.5 Å². The minimum Gasteiger partial charge on any atom is -0.399 e. The van der Waals surface area contributed by atoms with E-state index in [4.69, 9.17) is 11.5 Å². The van der Waals surface area contributed by atoms with Crippen molar-refractivity contribution in [1.29, 1.82) is 0 Å². The molecule has 2 rings (SSSR count). The third-order valence-electron chi connectivity index (χ3n) is 2.32. The standard InChI is InChI=1S/C10H12N4O/c1-6-9(12)10(15)14(13-6)8-4-2-7(11)3-5-8/h2-5,9H,11-12H2,1H3/t9-/m1/s1. The molecule has 0 bridgehead atoms. The van der Waals surface area contributed by atoms with Crippen LogP contribution in [0.5, 0.6) is 0 Å². The van der Waals surface area contributed by atoms with Gasteiger partial charge in [-0.3, -0.25) is 4.79 Å². The highest BCUT2D eigenvalue weighted by Crippen LogP contribution is 2.20. The van der Waals surface area contributed by atoms with Crippen LogP contribution < -0.4 is 16.5 Å². The number of hydrogen-bond acceptors (Lipinski definition) is 4. The molecule has 0 saturated carbocycles. The van der Waals surface area contributed by atoms with Gasteiger partial charge >= 0.3 is 0 Å². The normalized spacial score (nSPS) is 20.7. The summed E-state index contributed by atoms with van der Waals surface area (Å²) in [6.45, 7) is 1.74. The molecule has 0 aromatic heterocycles. The maximum atomic E-state index is 11.7. The van der Waals surface area contributed by atoms with E-state index in [-0.39, 0.29) is 5.91 Å². The molecular weight excluding hydrogens is 192 g/mol. The zero-order valence-electron chi connectivity index (χ0n) is 8.34. The summed E-state index contributed by atoms with van der Waals surface area (Å²) in [7, 11) is 0. The van der Waals surface area contributed by atoms with Crippen molar-refractivity contribution in [3.63, 3.8) is 0 Å². The molecule has 15 heavy (non-hydrogen) atoms. The van der Waals surface area contributed by atoms with Gasteiger partial charge in [-0.05, 0) is 31.2 Å². The highest BCUT2D eigenvalue weighted by atomic mass is 16.2. The molecule has 1 atom stereocenters. The average molecular weight is 204 g/mol. The summed E-state index contributed by atoms with van der Waals surface area (Å²) in [6, 6.07) is 6.29. The minimum absolute atomic E-state index is 0.211. The van der Waals surface area contributed by atoms with Gasteiger partial charge in [0.15, 0.2) is 0 Å². The van der Waals surface area contributed by atoms with Gasteiger partial charge in [0.1, 0.15) is 6.04 Å². The van der Waals surface area contributed by atoms with Crippen LogP contribution in [0, 0.1) is 0 Å². The number of nitrogens with two attached hydrogens (primary N) is 2. The van der Waals surface area contributed by atoms with Crippen molar-refractivity contribution in [2.45, 2.75) is 13.0 Å². The molecule has 1 aliphatic heterocycles. The number of nitrogen functional groups attached to an aromatic ring is 1. The Balaban J connectivity index is 2.33. The van der Waals surface area contributed by atoms with E-state index in [0.717, 1.165) is 0 Å². The van der Waals surface area contributed by atoms with E-state index < -0.39 is 6.04 Å². The number of hydrogen-bond donors (Lipinski definition) is 2. The van der Waals surface area contributed by atoms with Crippen LogP contribution in [0.4, 0.5) is 11.4 Å². The molecule has 5 nitrogen and oxygen atoms in total. The van der Waals surface area contributed by atoms with E-state index in [0.29, 0.717) is 17.1 Å². The lowest BCUT2D eigenvalue weighted by Gasteiger charge is -2.12. The van der Waals surface area contributed by atoms with Crippen molar-refractivity contribution in [2.75, 3.05) is 10.7 Å². The van der Waals surface area contributed by atoms with Gasteiger partial charge in [-0.15, -0.1) is 0 Å². The Bertz CT molecular complexity index is 424. The Morgan fingerprint density at radius 2 is 1.93 bits per heavy atom. The third kappa shape index (κ3) is 1.57. The number of benzene rings is 1. The lowest BCUT2D eigenvalue weighted by atomic mass is 10.2. The number of anilines is 2. The summed E-state index contributed by atoms with van der Waals surface area (Å²) in [4.78, 5) is 11.7. The molecule has 78 valence electrons. The molecule has 5 heteroatoms. The fraction of sp³-hybridized carbons (Fsp3) is 0.200. The van der Waals surface area contributed by atoms with E-state index >= 15 is 0 Å². The molecule has 0 fully saturated rings. The van der Waals surface area contributed by atoms with Gasteiger partial charge in [0.05, 0.1) is 11.4 Å². The van der Waals surface area contributed by atoms with Crippen molar-refractivity contribution < 1.29 is 4.79 Å². The zero-order chi connectivity index (χ0) is 11.0. The molecule has 0 radical (unpaired) electrons. The lowest BCUT2D eigenvalue weighted by Crippen LogP contribution is -2.38. The maximum absolute atomic E-state index is 11.7. The number of carbonyl (C=O) groups excluding carboxylic acids is 1. The summed E-state index contributed by atoms with van der Waals surface area (Å²) >= 11 is 0. The van der Waals surface area contributed by atoms with Gasteiger partial charge in [0.25, 0.3) is 5.91 Å². The number of carbonyl (C=O) groups is 1. The van der Waals surface area contributed by atoms with Crippen molar-refractivity contribution in [2.24, 2.45) is 10.8 Å². The van der Waals surface area contributed by atoms with Gasteiger partial charge in [0.2, 0.25) is 0 Å². The largest absolute Gasteiger partial charge is 0.399 e. The first-order chi connectivity index (χ1) is 7.09. The molecule has 4 N–H and O–H groups in total. The predicted molar refractivity (Wildman–Crippen MR) is 59.4 cm³/mol. The van der Waals surface area contributed by atoms with Crippen LogP contribution in [0.3, 0.4) is 0 Å². The Labute approximate surface area is 87.4 Å². The van der Waals surface area contributed by atoms with Crippen LogP contribution in [-0.4, -0.2) is 17.7 Å². The van der Waals surface area contributed by atoms with E-state index in [1.54, 1.807) is 31.2 Å². The summed E-state index contributed by atoms with van der Waals surface area (Å²) in [6.07, 6.45) is 0. The minimum atomic E-state index is -0.623. The van der Waals surface area contributed by atoms with Gasteiger partial charge in [-0.25, -0.2) is 0 Å². The van der Waals surface area contributed by atoms with Crippen LogP contribution >= 0.6 is 0 Å². The molecule has 0 spiro atoms. The van der Waals surface area contributed by atoms with Crippen LogP contribution in [0.15, 0.2) is 29.4 Å². The summed E-state index contributed by atoms with van der Waals surface area (Å²) in [5.41, 5.74) is 13.1. The summed E-state index contributed by atoms with van der Waals surface area (Å²) in [5, 5.41) is 5.39. The lowest BCUT2D eigenvalue weighted by molar-refractivity contribution is -0.117. The topological polar surface area (TPSA) is 84.7 Å². The number of amides is 1.